The number of H-pyrrole nitrogens is 1. The molecule has 53 heavy (non-hydrogen) atoms. The molecule has 6 heterocycles. The maximum atomic E-state index is 10.8. The van der Waals surface area contributed by atoms with E-state index in [-0.39, 0.29) is 141 Å². The van der Waals surface area contributed by atoms with Crippen molar-refractivity contribution in [1.82, 2.24) is 29.9 Å². The third kappa shape index (κ3) is 24.2. The van der Waals surface area contributed by atoms with Crippen molar-refractivity contribution in [2.24, 2.45) is 0 Å². The summed E-state index contributed by atoms with van der Waals surface area (Å²) in [7, 11) is 1.82. The average Bonchev–Trinajstić information content (AvgIpc) is 3.17. The molecule has 6 aromatic rings. The smallest absolute Gasteiger partial charge is 1.00 e. The van der Waals surface area contributed by atoms with Crippen molar-refractivity contribution >= 4 is 52.0 Å². The van der Waals surface area contributed by atoms with Crippen molar-refractivity contribution in [3.8, 4) is 34.0 Å². The minimum Gasteiger partial charge on any atom is -1.00 e. The number of nitrogens with zero attached hydrogens (tertiary/aromatic N) is 5. The van der Waals surface area contributed by atoms with Gasteiger partial charge in [0.05, 0.1) is 14.2 Å². The fourth-order valence-corrected chi connectivity index (χ4v) is 3.60. The number of rotatable bonds is 6. The maximum absolute atomic E-state index is 10.8. The van der Waals surface area contributed by atoms with Gasteiger partial charge in [-0.2, -0.15) is 0 Å². The van der Waals surface area contributed by atoms with Crippen LogP contribution in [-0.4, -0.2) is 67.8 Å². The van der Waals surface area contributed by atoms with E-state index in [4.69, 9.17) is 29.6 Å². The molecular weight excluding hydrogens is 869 g/mol. The van der Waals surface area contributed by atoms with Crippen molar-refractivity contribution in [2.75, 3.05) is 14.2 Å². The third-order valence-corrected chi connectivity index (χ3v) is 6.18. The zero-order valence-corrected chi connectivity index (χ0v) is 38.2. The van der Waals surface area contributed by atoms with Gasteiger partial charge < -0.3 is 36.1 Å². The predicted molar refractivity (Wildman–Crippen MR) is 202 cm³/mol. The predicted octanol–water partition coefficient (Wildman–Crippen LogP) is -2.03. The van der Waals surface area contributed by atoms with Crippen molar-refractivity contribution in [3.63, 3.8) is 0 Å². The number of hydrogen-bond acceptors (Lipinski definition) is 13. The van der Waals surface area contributed by atoms with E-state index in [1.807, 2.05) is 42.5 Å². The summed E-state index contributed by atoms with van der Waals surface area (Å²) in [5.41, 5.74) is 4.58. The van der Waals surface area contributed by atoms with Crippen molar-refractivity contribution in [2.45, 2.75) is 7.43 Å². The Morgan fingerprint density at radius 2 is 1.15 bits per heavy atom. The number of aromatic nitrogens is 6. The Kier molecular flexibility index (Phi) is 35.9. The van der Waals surface area contributed by atoms with Crippen molar-refractivity contribution in [3.05, 3.63) is 143 Å². The molecular formula is C34H37BBr2K2N6O8. The minimum absolute atomic E-state index is 0. The third-order valence-electron chi connectivity index (χ3n) is 5.71. The van der Waals surface area contributed by atoms with Crippen LogP contribution in [0.25, 0.3) is 22.3 Å². The van der Waals surface area contributed by atoms with Crippen LogP contribution in [0.4, 0.5) is 0 Å². The number of hydrogen-bond donors (Lipinski definition) is 3. The standard InChI is InChI=1S/C11H10N2O.C10H8N2O.C6H6BrNO.C5H6BNO2.CH2O3.CH4.BrH.2K.H/c1-14-11-3-2-10(8-13-11)9-4-6-12-7-5-9;13-10-2-1-9(7-12-10)8-3-5-11-6-4-8;1-9-6-3-2-5(7)4-8-6;8-6(9)5-1-3-7-4-2-5;2-1-4-3;;;;;/h2-8H,1H3;1-7H,(H,12,13);2-4H,1H3;1-4,8-9H;1,3H;1H4;1H;;;/q;;;;;;;2*+1;-1/p-1. The van der Waals surface area contributed by atoms with Gasteiger partial charge in [-0.1, -0.05) is 7.43 Å². The number of ether oxygens (including phenoxy) is 2. The molecule has 6 aromatic heterocycles. The van der Waals surface area contributed by atoms with E-state index in [1.54, 1.807) is 81.9 Å². The molecule has 0 unspecified atom stereocenters. The molecule has 0 aromatic carbocycles. The molecule has 0 saturated heterocycles. The number of halogens is 2. The molecule has 0 fully saturated rings. The topological polar surface area (TPSA) is 206 Å². The first-order chi connectivity index (χ1) is 23.8. The van der Waals surface area contributed by atoms with Gasteiger partial charge in [0.25, 0.3) is 6.47 Å². The molecule has 3 N–H and O–H groups in total. The minimum atomic E-state index is -1.38. The van der Waals surface area contributed by atoms with Gasteiger partial charge in [0.15, 0.2) is 0 Å². The van der Waals surface area contributed by atoms with Crippen LogP contribution in [0.5, 0.6) is 11.8 Å². The van der Waals surface area contributed by atoms with Crippen LogP contribution in [0.3, 0.4) is 0 Å². The first kappa shape index (κ1) is 55.3. The second kappa shape index (κ2) is 34.4. The molecule has 6 rings (SSSR count). The summed E-state index contributed by atoms with van der Waals surface area (Å²) >= 11 is 3.26. The Balaban J connectivity index is -0.000000294. The SMILES string of the molecule is Br.C.COc1ccc(-c2ccncc2)cn1.COc1ccc(Br)cn1.O=CO[O-].O=c1ccc(-c2ccncc2)c[nH]1.OB(O)c1ccncc1.[H-].[K+].[K+]. The van der Waals surface area contributed by atoms with Gasteiger partial charge in [-0.25, -0.2) is 9.97 Å². The van der Waals surface area contributed by atoms with Crippen LogP contribution in [0, 0.1) is 0 Å². The average molecular weight is 907 g/mol. The second-order valence-corrected chi connectivity index (χ2v) is 9.78. The van der Waals surface area contributed by atoms with Gasteiger partial charge in [-0.15, -0.1) is 17.0 Å². The molecule has 0 aliphatic carbocycles. The van der Waals surface area contributed by atoms with E-state index in [0.717, 1.165) is 26.7 Å². The van der Waals surface area contributed by atoms with E-state index in [2.05, 4.69) is 50.7 Å². The van der Waals surface area contributed by atoms with E-state index >= 15 is 0 Å². The van der Waals surface area contributed by atoms with Crippen LogP contribution in [-0.2, 0) is 9.68 Å². The number of pyridine rings is 6. The summed E-state index contributed by atoms with van der Waals surface area (Å²) in [6.45, 7) is -0.181. The molecule has 0 amide bonds. The fraction of sp³-hybridized carbons (Fsp3) is 0.0882. The Morgan fingerprint density at radius 1 is 0.717 bits per heavy atom. The first-order valence-electron chi connectivity index (χ1n) is 13.9. The molecule has 0 spiro atoms. The summed E-state index contributed by atoms with van der Waals surface area (Å²) in [5, 5.41) is 25.5. The Hall–Kier alpha value is -2.05. The molecule has 0 atom stereocenters. The van der Waals surface area contributed by atoms with Gasteiger partial charge in [0, 0.05) is 84.0 Å². The molecule has 0 aliphatic rings. The van der Waals surface area contributed by atoms with Gasteiger partial charge in [0.1, 0.15) is 0 Å². The van der Waals surface area contributed by atoms with Gasteiger partial charge in [0.2, 0.25) is 17.3 Å². The number of nitrogens with one attached hydrogen (secondary N) is 1. The van der Waals surface area contributed by atoms with Crippen LogP contribution in [0.15, 0.2) is 138 Å². The number of carbonyl (C=O) groups excluding carboxylic acids is 1. The quantitative estimate of drug-likeness (QED) is 0.0716. The van der Waals surface area contributed by atoms with E-state index in [9.17, 15) is 4.79 Å². The Bertz CT molecular complexity index is 1800. The molecule has 0 saturated carbocycles. The number of methoxy groups -OCH3 is 2. The van der Waals surface area contributed by atoms with Crippen LogP contribution in [0.2, 0.25) is 0 Å². The molecule has 0 bridgehead atoms. The summed E-state index contributed by atoms with van der Waals surface area (Å²) in [6.07, 6.45) is 15.2. The number of aromatic amines is 1. The van der Waals surface area contributed by atoms with Gasteiger partial charge in [-0.05, 0) is 92.7 Å². The van der Waals surface area contributed by atoms with Gasteiger partial charge >= 0.3 is 110 Å². The summed E-state index contributed by atoms with van der Waals surface area (Å²) in [4.78, 5) is 44.3. The van der Waals surface area contributed by atoms with Crippen LogP contribution < -0.4 is 129 Å². The Labute approximate surface area is 413 Å². The van der Waals surface area contributed by atoms with E-state index in [1.165, 1.54) is 18.5 Å². The molecule has 14 nitrogen and oxygen atoms in total. The number of carbonyl (C=O) groups is 1. The summed E-state index contributed by atoms with van der Waals surface area (Å²) in [5.74, 6) is 1.26. The zero-order chi connectivity index (χ0) is 35.7. The van der Waals surface area contributed by atoms with Crippen molar-refractivity contribution in [1.29, 1.82) is 0 Å². The van der Waals surface area contributed by atoms with E-state index < -0.39 is 7.12 Å². The fourth-order valence-electron chi connectivity index (χ4n) is 3.37. The maximum Gasteiger partial charge on any atom is 1.00 e. The Morgan fingerprint density at radius 3 is 1.49 bits per heavy atom. The summed E-state index contributed by atoms with van der Waals surface area (Å²) < 4.78 is 10.8. The van der Waals surface area contributed by atoms with E-state index in [0.29, 0.717) is 17.2 Å². The molecule has 19 heteroatoms. The van der Waals surface area contributed by atoms with Crippen molar-refractivity contribution < 1.29 is 139 Å². The molecule has 270 valence electrons. The molecule has 0 radical (unpaired) electrons. The zero-order valence-electron chi connectivity index (χ0n) is 29.6. The second-order valence-electron chi connectivity index (χ2n) is 8.87. The first-order valence-corrected chi connectivity index (χ1v) is 14.7. The normalized spacial score (nSPS) is 8.49. The van der Waals surface area contributed by atoms with Crippen LogP contribution >= 0.6 is 32.9 Å². The molecule has 0 aliphatic heterocycles. The summed E-state index contributed by atoms with van der Waals surface area (Å²) in [6, 6.07) is 21.6. The van der Waals surface area contributed by atoms with Crippen LogP contribution in [0.1, 0.15) is 8.85 Å². The largest absolute Gasteiger partial charge is 1.00 e. The monoisotopic (exact) mass is 904 g/mol. The van der Waals surface area contributed by atoms with Gasteiger partial charge in [-0.3, -0.25) is 24.5 Å².